The van der Waals surface area contributed by atoms with Crippen LogP contribution in [0.15, 0.2) is 33.6 Å². The standard InChI is InChI=1S/C19H13N7O5S/c1-26-13(19(30)31-25-26)10-9(6-20)15(22)24-17-11(10)12(21)14(32-17)16(27)23-8-4-2-3-7(5-8)18(28)29/h2-5H,1H3,(H6-,21,22,23,24,25,27,28,29,30). The van der Waals surface area contributed by atoms with Gasteiger partial charge in [-0.3, -0.25) is 9.32 Å². The number of carbonyl (C=O) groups is 2. The van der Waals surface area contributed by atoms with Gasteiger partial charge in [0, 0.05) is 5.69 Å². The number of carboxylic acid groups (broad SMARTS) is 1. The van der Waals surface area contributed by atoms with Crippen LogP contribution in [0.3, 0.4) is 0 Å². The molecular formula is C19H13N7O5S. The first-order chi connectivity index (χ1) is 15.2. The molecule has 0 bridgehead atoms. The number of aromatic amines is 1. The van der Waals surface area contributed by atoms with Crippen LogP contribution < -0.4 is 32.2 Å². The number of nitrogen functional groups attached to an aromatic ring is 2. The molecule has 0 saturated heterocycles. The number of amides is 1. The highest BCUT2D eigenvalue weighted by Gasteiger charge is 2.32. The quantitative estimate of drug-likeness (QED) is 0.300. The van der Waals surface area contributed by atoms with Gasteiger partial charge >= 0.3 is 11.3 Å². The fraction of sp³-hybridized carbons (Fsp3) is 0.0526. The third kappa shape index (κ3) is 3.20. The van der Waals surface area contributed by atoms with Gasteiger partial charge in [-0.1, -0.05) is 16.8 Å². The van der Waals surface area contributed by atoms with Gasteiger partial charge in [-0.05, 0) is 23.0 Å². The Bertz CT molecular complexity index is 1530. The number of nitrogens with zero attached hydrogens (tertiary/aromatic N) is 3. The number of nitrogens with two attached hydrogens (primary N) is 2. The lowest BCUT2D eigenvalue weighted by Crippen LogP contribution is -2.34. The number of aromatic nitrogens is 3. The van der Waals surface area contributed by atoms with Gasteiger partial charge < -0.3 is 26.7 Å². The average Bonchev–Trinajstić information content (AvgIpc) is 3.25. The highest BCUT2D eigenvalue weighted by molar-refractivity contribution is 7.21. The van der Waals surface area contributed by atoms with E-state index >= 15 is 0 Å². The fourth-order valence-corrected chi connectivity index (χ4v) is 4.22. The molecule has 3 aromatic heterocycles. The van der Waals surface area contributed by atoms with Gasteiger partial charge in [0.2, 0.25) is 0 Å². The number of thiophene rings is 1. The van der Waals surface area contributed by atoms with E-state index in [1.165, 1.54) is 36.0 Å². The Morgan fingerprint density at radius 2 is 2.12 bits per heavy atom. The maximum absolute atomic E-state index is 12.9. The Labute approximate surface area is 182 Å². The van der Waals surface area contributed by atoms with E-state index in [1.807, 2.05) is 6.07 Å². The molecule has 6 N–H and O–H groups in total. The van der Waals surface area contributed by atoms with Crippen molar-refractivity contribution in [3.05, 3.63) is 50.7 Å². The number of rotatable bonds is 4. The smallest absolute Gasteiger partial charge is 0.435 e. The number of carboxylic acids is 1. The summed E-state index contributed by atoms with van der Waals surface area (Å²) in [6.45, 7) is 0. The summed E-state index contributed by atoms with van der Waals surface area (Å²) in [5.74, 6) is -2.19. The fourth-order valence-electron chi connectivity index (χ4n) is 3.21. The van der Waals surface area contributed by atoms with Crippen LogP contribution in [-0.4, -0.2) is 22.1 Å². The van der Waals surface area contributed by atoms with Crippen LogP contribution in [0.1, 0.15) is 25.6 Å². The zero-order valence-corrected chi connectivity index (χ0v) is 17.1. The van der Waals surface area contributed by atoms with Gasteiger partial charge in [0.1, 0.15) is 27.2 Å². The van der Waals surface area contributed by atoms with E-state index in [2.05, 4.69) is 15.6 Å². The summed E-state index contributed by atoms with van der Waals surface area (Å²) in [7, 11) is 1.49. The minimum absolute atomic E-state index is 0.0289. The maximum Gasteiger partial charge on any atom is 0.435 e. The van der Waals surface area contributed by atoms with E-state index in [-0.39, 0.29) is 54.7 Å². The lowest BCUT2D eigenvalue weighted by molar-refractivity contribution is -0.730. The first-order valence-corrected chi connectivity index (χ1v) is 9.66. The minimum Gasteiger partial charge on any atom is -0.545 e. The van der Waals surface area contributed by atoms with Crippen LogP contribution in [0.5, 0.6) is 0 Å². The molecule has 160 valence electrons. The lowest BCUT2D eigenvalue weighted by Gasteiger charge is -2.07. The number of fused-ring (bicyclic) bond motifs is 1. The molecule has 0 aliphatic heterocycles. The molecule has 1 amide bonds. The van der Waals surface area contributed by atoms with Crippen molar-refractivity contribution in [2.45, 2.75) is 0 Å². The van der Waals surface area contributed by atoms with Gasteiger partial charge in [-0.25, -0.2) is 9.78 Å². The number of anilines is 3. The number of aryl methyl sites for hydroxylation is 1. The molecule has 1 aromatic carbocycles. The molecular weight excluding hydrogens is 438 g/mol. The molecule has 12 nitrogen and oxygen atoms in total. The van der Waals surface area contributed by atoms with Crippen molar-refractivity contribution in [3.63, 3.8) is 0 Å². The summed E-state index contributed by atoms with van der Waals surface area (Å²) < 4.78 is 6.03. The number of nitrogens with one attached hydrogen (secondary N) is 2. The number of nitriles is 1. The topological polar surface area (TPSA) is 208 Å². The second-order valence-electron chi connectivity index (χ2n) is 6.59. The van der Waals surface area contributed by atoms with Crippen molar-refractivity contribution in [2.24, 2.45) is 7.05 Å². The molecule has 0 saturated carbocycles. The lowest BCUT2D eigenvalue weighted by atomic mass is 10.0. The number of benzene rings is 1. The Hall–Kier alpha value is -4.70. The predicted octanol–water partition coefficient (Wildman–Crippen LogP) is -0.279. The number of H-pyrrole nitrogens is 1. The molecule has 4 aromatic rings. The molecule has 32 heavy (non-hydrogen) atoms. The van der Waals surface area contributed by atoms with Crippen molar-refractivity contribution < 1.29 is 23.9 Å². The van der Waals surface area contributed by atoms with Crippen molar-refractivity contribution in [1.29, 1.82) is 5.26 Å². The summed E-state index contributed by atoms with van der Waals surface area (Å²) in [5.41, 5.74) is 11.4. The van der Waals surface area contributed by atoms with Gasteiger partial charge in [0.25, 0.3) is 5.91 Å². The van der Waals surface area contributed by atoms with Crippen LogP contribution >= 0.6 is 11.3 Å². The monoisotopic (exact) mass is 451 g/mol. The molecule has 0 unspecified atom stereocenters. The largest absolute Gasteiger partial charge is 0.545 e. The zero-order chi connectivity index (χ0) is 23.2. The maximum atomic E-state index is 12.9. The van der Waals surface area contributed by atoms with Crippen LogP contribution in [0.2, 0.25) is 0 Å². The van der Waals surface area contributed by atoms with Crippen LogP contribution in [0.4, 0.5) is 17.2 Å². The third-order valence-electron chi connectivity index (χ3n) is 4.62. The van der Waals surface area contributed by atoms with Gasteiger partial charge in [-0.2, -0.15) is 5.26 Å². The highest BCUT2D eigenvalue weighted by Crippen LogP contribution is 2.41. The number of hydrogen-bond acceptors (Lipinski definition) is 10. The van der Waals surface area contributed by atoms with Crippen LogP contribution in [0.25, 0.3) is 21.5 Å². The molecule has 0 aliphatic carbocycles. The molecule has 0 radical (unpaired) electrons. The van der Waals surface area contributed by atoms with E-state index in [4.69, 9.17) is 16.0 Å². The highest BCUT2D eigenvalue weighted by atomic mass is 32.1. The summed E-state index contributed by atoms with van der Waals surface area (Å²) >= 11 is 0.900. The summed E-state index contributed by atoms with van der Waals surface area (Å²) in [6.07, 6.45) is 0. The zero-order valence-electron chi connectivity index (χ0n) is 16.3. The SMILES string of the molecule is C[n+]1[nH]oc(=O)c1-c1c(C#N)c(N)nc2sc(C(=O)Nc3cccc(C(=O)[O-])c3)c(N)c12. The van der Waals surface area contributed by atoms with E-state index in [9.17, 15) is 24.8 Å². The second kappa shape index (κ2) is 7.52. The second-order valence-corrected chi connectivity index (χ2v) is 7.59. The van der Waals surface area contributed by atoms with Crippen LogP contribution in [-0.2, 0) is 7.05 Å². The molecule has 4 rings (SSSR count). The van der Waals surface area contributed by atoms with Crippen molar-refractivity contribution in [1.82, 2.24) is 10.3 Å². The van der Waals surface area contributed by atoms with E-state index < -0.39 is 17.5 Å². The summed E-state index contributed by atoms with van der Waals surface area (Å²) in [4.78, 5) is 40.7. The van der Waals surface area contributed by atoms with Gasteiger partial charge in [0.05, 0.1) is 22.6 Å². The van der Waals surface area contributed by atoms with Crippen LogP contribution in [0, 0.1) is 11.3 Å². The normalized spacial score (nSPS) is 10.8. The summed E-state index contributed by atoms with van der Waals surface area (Å²) in [6, 6.07) is 7.41. The summed E-state index contributed by atoms with van der Waals surface area (Å²) in [5, 5.41) is 25.8. The molecule has 0 aliphatic rings. The Balaban J connectivity index is 1.90. The number of carbonyl (C=O) groups excluding carboxylic acids is 2. The Morgan fingerprint density at radius 3 is 2.75 bits per heavy atom. The van der Waals surface area contributed by atoms with Crippen molar-refractivity contribution in [2.75, 3.05) is 16.8 Å². The number of aromatic carboxylic acids is 1. The first-order valence-electron chi connectivity index (χ1n) is 8.85. The molecule has 13 heteroatoms. The van der Waals surface area contributed by atoms with E-state index in [0.717, 1.165) is 11.3 Å². The Morgan fingerprint density at radius 1 is 1.38 bits per heavy atom. The van der Waals surface area contributed by atoms with Gasteiger partial charge in [0.15, 0.2) is 7.05 Å². The average molecular weight is 451 g/mol. The van der Waals surface area contributed by atoms with Gasteiger partial charge in [-0.15, -0.1) is 11.3 Å². The molecule has 0 fully saturated rings. The predicted molar refractivity (Wildman–Crippen MR) is 111 cm³/mol. The van der Waals surface area contributed by atoms with E-state index in [0.29, 0.717) is 0 Å². The first kappa shape index (κ1) is 20.6. The molecule has 3 heterocycles. The molecule has 0 spiro atoms. The van der Waals surface area contributed by atoms with Crippen molar-refractivity contribution in [3.8, 4) is 17.3 Å². The van der Waals surface area contributed by atoms with Crippen molar-refractivity contribution >= 4 is 50.6 Å². The number of hydrogen-bond donors (Lipinski definition) is 4. The number of pyridine rings is 1. The van der Waals surface area contributed by atoms with E-state index in [1.54, 1.807) is 0 Å². The Kier molecular flexibility index (Phi) is 4.84. The minimum atomic E-state index is -1.39. The molecule has 0 atom stereocenters. The third-order valence-corrected chi connectivity index (χ3v) is 5.72.